The largest absolute Gasteiger partial charge is 0.497 e. The molecule has 0 atom stereocenters. The van der Waals surface area contributed by atoms with Crippen molar-refractivity contribution in [1.29, 1.82) is 0 Å². The molecule has 1 aromatic carbocycles. The number of aromatic nitrogens is 3. The number of methoxy groups -OCH3 is 1. The van der Waals surface area contributed by atoms with Crippen LogP contribution in [0.3, 0.4) is 0 Å². The average molecular weight is 368 g/mol. The summed E-state index contributed by atoms with van der Waals surface area (Å²) >= 11 is 0. The van der Waals surface area contributed by atoms with Crippen molar-refractivity contribution in [1.82, 2.24) is 19.6 Å². The first-order valence-corrected chi connectivity index (χ1v) is 8.64. The first kappa shape index (κ1) is 17.1. The zero-order chi connectivity index (χ0) is 18.8. The van der Waals surface area contributed by atoms with Gasteiger partial charge < -0.3 is 23.5 Å². The Morgan fingerprint density at radius 1 is 1.22 bits per heavy atom. The molecule has 2 aromatic heterocycles. The van der Waals surface area contributed by atoms with Crippen molar-refractivity contribution in [2.75, 3.05) is 20.2 Å². The molecule has 3 aromatic rings. The minimum Gasteiger partial charge on any atom is -0.497 e. The smallest absolute Gasteiger partial charge is 0.270 e. The Balaban J connectivity index is 1.30. The van der Waals surface area contributed by atoms with Gasteiger partial charge in [0.1, 0.15) is 17.2 Å². The molecule has 1 amide bonds. The zero-order valence-corrected chi connectivity index (χ0v) is 15.2. The topological polar surface area (TPSA) is 82.6 Å². The molecule has 0 spiro atoms. The molecule has 0 radical (unpaired) electrons. The SMILES string of the molecule is COc1ccc(OCc2nc(C3CN(C(=O)c4cccn4C)C3)no2)cc1. The fourth-order valence-corrected chi connectivity index (χ4v) is 2.96. The van der Waals surface area contributed by atoms with E-state index < -0.39 is 0 Å². The summed E-state index contributed by atoms with van der Waals surface area (Å²) in [6.45, 7) is 1.36. The average Bonchev–Trinajstić information content (AvgIpc) is 3.28. The van der Waals surface area contributed by atoms with Crippen LogP contribution in [0.15, 0.2) is 47.1 Å². The number of aryl methyl sites for hydroxylation is 1. The molecule has 0 N–H and O–H groups in total. The first-order valence-electron chi connectivity index (χ1n) is 8.64. The van der Waals surface area contributed by atoms with E-state index in [0.717, 1.165) is 5.75 Å². The predicted molar refractivity (Wildman–Crippen MR) is 95.7 cm³/mol. The van der Waals surface area contributed by atoms with Crippen LogP contribution in [-0.2, 0) is 13.7 Å². The standard InChI is InChI=1S/C19H20N4O4/c1-22-9-3-4-16(22)19(24)23-10-13(11-23)18-20-17(27-21-18)12-26-15-7-5-14(25-2)6-8-15/h3-9,13H,10-12H2,1-2H3. The second-order valence-electron chi connectivity index (χ2n) is 6.42. The number of amides is 1. The molecular weight excluding hydrogens is 348 g/mol. The summed E-state index contributed by atoms with van der Waals surface area (Å²) in [5.41, 5.74) is 0.676. The minimum absolute atomic E-state index is 0.0188. The van der Waals surface area contributed by atoms with E-state index in [1.165, 1.54) is 0 Å². The van der Waals surface area contributed by atoms with Crippen LogP contribution in [-0.4, -0.2) is 45.7 Å². The molecule has 27 heavy (non-hydrogen) atoms. The highest BCUT2D eigenvalue weighted by atomic mass is 16.5. The molecule has 140 valence electrons. The summed E-state index contributed by atoms with van der Waals surface area (Å²) in [4.78, 5) is 18.6. The molecule has 8 heteroatoms. The Morgan fingerprint density at radius 3 is 2.63 bits per heavy atom. The predicted octanol–water partition coefficient (Wildman–Crippen LogP) is 2.24. The van der Waals surface area contributed by atoms with Crippen LogP contribution in [0.25, 0.3) is 0 Å². The molecule has 3 heterocycles. The Bertz CT molecular complexity index is 925. The van der Waals surface area contributed by atoms with Crippen molar-refractivity contribution in [2.24, 2.45) is 7.05 Å². The quantitative estimate of drug-likeness (QED) is 0.664. The van der Waals surface area contributed by atoms with Gasteiger partial charge in [-0.15, -0.1) is 0 Å². The van der Waals surface area contributed by atoms with E-state index in [1.54, 1.807) is 12.0 Å². The van der Waals surface area contributed by atoms with Crippen molar-refractivity contribution in [2.45, 2.75) is 12.5 Å². The van der Waals surface area contributed by atoms with Crippen molar-refractivity contribution >= 4 is 5.91 Å². The van der Waals surface area contributed by atoms with Gasteiger partial charge in [0.2, 0.25) is 0 Å². The van der Waals surface area contributed by atoms with Gasteiger partial charge in [-0.05, 0) is 36.4 Å². The molecule has 1 fully saturated rings. The number of benzene rings is 1. The molecule has 1 aliphatic heterocycles. The molecule has 0 saturated carbocycles. The Kier molecular flexibility index (Phi) is 4.53. The lowest BCUT2D eigenvalue weighted by Gasteiger charge is -2.37. The number of ether oxygens (including phenoxy) is 2. The molecule has 0 bridgehead atoms. The van der Waals surface area contributed by atoms with Gasteiger partial charge in [-0.3, -0.25) is 4.79 Å². The highest BCUT2D eigenvalue weighted by molar-refractivity contribution is 5.93. The van der Waals surface area contributed by atoms with E-state index in [-0.39, 0.29) is 18.4 Å². The summed E-state index contributed by atoms with van der Waals surface area (Å²) < 4.78 is 17.8. The van der Waals surface area contributed by atoms with Crippen LogP contribution in [0.1, 0.15) is 28.1 Å². The van der Waals surface area contributed by atoms with Crippen LogP contribution >= 0.6 is 0 Å². The summed E-state index contributed by atoms with van der Waals surface area (Å²) in [6, 6.07) is 10.9. The lowest BCUT2D eigenvalue weighted by atomic mass is 9.99. The Labute approximate surface area is 156 Å². The number of rotatable bonds is 6. The third kappa shape index (κ3) is 3.51. The maximum Gasteiger partial charge on any atom is 0.270 e. The van der Waals surface area contributed by atoms with Crippen LogP contribution < -0.4 is 9.47 Å². The monoisotopic (exact) mass is 368 g/mol. The van der Waals surface area contributed by atoms with Gasteiger partial charge in [0.05, 0.1) is 13.0 Å². The summed E-state index contributed by atoms with van der Waals surface area (Å²) in [6.07, 6.45) is 1.86. The van der Waals surface area contributed by atoms with Gasteiger partial charge in [-0.1, -0.05) is 5.16 Å². The van der Waals surface area contributed by atoms with Gasteiger partial charge in [0.25, 0.3) is 11.8 Å². The van der Waals surface area contributed by atoms with E-state index >= 15 is 0 Å². The zero-order valence-electron chi connectivity index (χ0n) is 15.2. The fraction of sp³-hybridized carbons (Fsp3) is 0.316. The van der Waals surface area contributed by atoms with Crippen LogP contribution in [0, 0.1) is 0 Å². The molecule has 1 aliphatic rings. The van der Waals surface area contributed by atoms with Crippen molar-refractivity contribution in [3.8, 4) is 11.5 Å². The number of likely N-dealkylation sites (tertiary alicyclic amines) is 1. The van der Waals surface area contributed by atoms with E-state index in [9.17, 15) is 4.79 Å². The van der Waals surface area contributed by atoms with Gasteiger partial charge in [0.15, 0.2) is 12.4 Å². The molecule has 8 nitrogen and oxygen atoms in total. The van der Waals surface area contributed by atoms with Crippen LogP contribution in [0.4, 0.5) is 0 Å². The second-order valence-corrected chi connectivity index (χ2v) is 6.42. The minimum atomic E-state index is 0.0188. The number of nitrogens with zero attached hydrogens (tertiary/aromatic N) is 4. The van der Waals surface area contributed by atoms with E-state index in [1.807, 2.05) is 54.2 Å². The lowest BCUT2D eigenvalue weighted by molar-refractivity contribution is 0.0582. The van der Waals surface area contributed by atoms with E-state index in [2.05, 4.69) is 10.1 Å². The fourth-order valence-electron chi connectivity index (χ4n) is 2.96. The van der Waals surface area contributed by atoms with Gasteiger partial charge >= 0.3 is 0 Å². The normalized spacial score (nSPS) is 14.1. The second kappa shape index (κ2) is 7.14. The van der Waals surface area contributed by atoms with Gasteiger partial charge in [-0.2, -0.15) is 4.98 Å². The maximum absolute atomic E-state index is 12.4. The summed E-state index contributed by atoms with van der Waals surface area (Å²) in [7, 11) is 3.48. The maximum atomic E-state index is 12.4. The third-order valence-corrected chi connectivity index (χ3v) is 4.60. The van der Waals surface area contributed by atoms with Gasteiger partial charge in [-0.25, -0.2) is 0 Å². The highest BCUT2D eigenvalue weighted by Crippen LogP contribution is 2.26. The molecule has 4 rings (SSSR count). The van der Waals surface area contributed by atoms with Crippen LogP contribution in [0.5, 0.6) is 11.5 Å². The number of carbonyl (C=O) groups excluding carboxylic acids is 1. The number of hydrogen-bond acceptors (Lipinski definition) is 6. The van der Waals surface area contributed by atoms with E-state index in [0.29, 0.717) is 36.2 Å². The lowest BCUT2D eigenvalue weighted by Crippen LogP contribution is -2.49. The summed E-state index contributed by atoms with van der Waals surface area (Å²) in [5, 5.41) is 4.02. The third-order valence-electron chi connectivity index (χ3n) is 4.60. The van der Waals surface area contributed by atoms with Crippen molar-refractivity contribution in [3.05, 3.63) is 60.0 Å². The first-order chi connectivity index (χ1) is 13.1. The molecular formula is C19H20N4O4. The Hall–Kier alpha value is -3.29. The van der Waals surface area contributed by atoms with E-state index in [4.69, 9.17) is 14.0 Å². The van der Waals surface area contributed by atoms with Crippen LogP contribution in [0.2, 0.25) is 0 Å². The summed E-state index contributed by atoms with van der Waals surface area (Å²) in [5.74, 6) is 2.59. The van der Waals surface area contributed by atoms with Crippen molar-refractivity contribution in [3.63, 3.8) is 0 Å². The van der Waals surface area contributed by atoms with Crippen molar-refractivity contribution < 1.29 is 18.8 Å². The number of carbonyl (C=O) groups is 1. The molecule has 0 aliphatic carbocycles. The molecule has 1 saturated heterocycles. The van der Waals surface area contributed by atoms with Gasteiger partial charge in [0, 0.05) is 26.3 Å². The number of hydrogen-bond donors (Lipinski definition) is 0. The Morgan fingerprint density at radius 2 is 1.96 bits per heavy atom. The molecule has 0 unspecified atom stereocenters. The highest BCUT2D eigenvalue weighted by Gasteiger charge is 2.36.